The van der Waals surface area contributed by atoms with Crippen LogP contribution in [0.2, 0.25) is 0 Å². The third kappa shape index (κ3) is 5.72. The number of para-hydroxylation sites is 1. The summed E-state index contributed by atoms with van der Waals surface area (Å²) in [5.74, 6) is 0.114. The van der Waals surface area contributed by atoms with E-state index in [4.69, 9.17) is 4.74 Å². The Kier molecular flexibility index (Phi) is 7.08. The van der Waals surface area contributed by atoms with Crippen molar-refractivity contribution in [2.24, 2.45) is 0 Å². The fourth-order valence-electron chi connectivity index (χ4n) is 3.37. The molecule has 0 aromatic heterocycles. The molecule has 160 valence electrons. The van der Waals surface area contributed by atoms with Crippen LogP contribution in [0.5, 0.6) is 5.75 Å². The van der Waals surface area contributed by atoms with Crippen LogP contribution in [0.4, 0.5) is 5.69 Å². The second-order valence-corrected chi connectivity index (χ2v) is 7.69. The van der Waals surface area contributed by atoms with Gasteiger partial charge in [0.1, 0.15) is 5.75 Å². The highest BCUT2D eigenvalue weighted by Gasteiger charge is 2.16. The summed E-state index contributed by atoms with van der Waals surface area (Å²) in [4.78, 5) is 25.4. The molecule has 0 aliphatic carbocycles. The maximum atomic E-state index is 12.8. The largest absolute Gasteiger partial charge is 0.483 e. The lowest BCUT2D eigenvalue weighted by atomic mass is 10.1. The van der Waals surface area contributed by atoms with Gasteiger partial charge in [-0.05, 0) is 68.1 Å². The second kappa shape index (κ2) is 9.94. The monoisotopic (exact) mass is 416 g/mol. The molecule has 0 spiro atoms. The number of ether oxygens (including phenoxy) is 1. The molecular weight excluding hydrogens is 388 g/mol. The molecule has 0 aliphatic heterocycles. The van der Waals surface area contributed by atoms with Crippen molar-refractivity contribution < 1.29 is 14.3 Å². The molecule has 0 radical (unpaired) electrons. The number of rotatable bonds is 7. The van der Waals surface area contributed by atoms with Crippen LogP contribution in [-0.2, 0) is 4.79 Å². The van der Waals surface area contributed by atoms with Crippen molar-refractivity contribution >= 4 is 17.5 Å². The summed E-state index contributed by atoms with van der Waals surface area (Å²) >= 11 is 0. The molecule has 5 heteroatoms. The van der Waals surface area contributed by atoms with Gasteiger partial charge in [0.05, 0.1) is 17.3 Å². The number of carbonyl (C=O) groups is 2. The Balaban J connectivity index is 1.66. The van der Waals surface area contributed by atoms with E-state index < -0.39 is 0 Å². The Morgan fingerprint density at radius 2 is 1.61 bits per heavy atom. The third-order valence-electron chi connectivity index (χ3n) is 5.22. The van der Waals surface area contributed by atoms with E-state index in [9.17, 15) is 9.59 Å². The second-order valence-electron chi connectivity index (χ2n) is 7.69. The first-order valence-electron chi connectivity index (χ1n) is 10.3. The van der Waals surface area contributed by atoms with E-state index in [0.717, 1.165) is 22.3 Å². The molecular formula is C26H28N2O3. The Morgan fingerprint density at radius 3 is 2.35 bits per heavy atom. The van der Waals surface area contributed by atoms with Gasteiger partial charge in [0, 0.05) is 0 Å². The number of amides is 2. The predicted octanol–water partition coefficient (Wildman–Crippen LogP) is 5.12. The van der Waals surface area contributed by atoms with Gasteiger partial charge in [-0.15, -0.1) is 0 Å². The summed E-state index contributed by atoms with van der Waals surface area (Å²) in [7, 11) is 0. The van der Waals surface area contributed by atoms with Crippen molar-refractivity contribution in [2.45, 2.75) is 33.7 Å². The molecule has 0 fully saturated rings. The zero-order chi connectivity index (χ0) is 22.4. The molecule has 2 N–H and O–H groups in total. The molecule has 3 rings (SSSR count). The standard InChI is InChI=1S/C26H28N2O3/c1-17-14-18(2)19(3)24(15-17)31-16-25(29)28-23-13-9-8-12-22(23)26(30)27-20(4)21-10-6-5-7-11-21/h5-15,20H,16H2,1-4H3,(H,27,30)(H,28,29)/t20-/m1/s1. The van der Waals surface area contributed by atoms with Crippen LogP contribution in [0.1, 0.15) is 45.6 Å². The number of carbonyl (C=O) groups excluding carboxylic acids is 2. The summed E-state index contributed by atoms with van der Waals surface area (Å²) in [5, 5.41) is 5.78. The molecule has 3 aromatic rings. The normalized spacial score (nSPS) is 11.5. The molecule has 3 aromatic carbocycles. The molecule has 0 bridgehead atoms. The predicted molar refractivity (Wildman–Crippen MR) is 124 cm³/mol. The molecule has 0 unspecified atom stereocenters. The molecule has 0 heterocycles. The fourth-order valence-corrected chi connectivity index (χ4v) is 3.37. The highest BCUT2D eigenvalue weighted by molar-refractivity contribution is 6.04. The molecule has 0 saturated heterocycles. The van der Waals surface area contributed by atoms with Gasteiger partial charge in [0.25, 0.3) is 11.8 Å². The summed E-state index contributed by atoms with van der Waals surface area (Å²) in [5.41, 5.74) is 5.06. The minimum atomic E-state index is -0.324. The maximum Gasteiger partial charge on any atom is 0.262 e. The van der Waals surface area contributed by atoms with E-state index in [1.165, 1.54) is 0 Å². The smallest absolute Gasteiger partial charge is 0.262 e. The van der Waals surface area contributed by atoms with Gasteiger partial charge in [-0.1, -0.05) is 48.5 Å². The average molecular weight is 417 g/mol. The number of aryl methyl sites for hydroxylation is 2. The summed E-state index contributed by atoms with van der Waals surface area (Å²) in [6.07, 6.45) is 0. The lowest BCUT2D eigenvalue weighted by Crippen LogP contribution is -2.28. The third-order valence-corrected chi connectivity index (χ3v) is 5.22. The van der Waals surface area contributed by atoms with Gasteiger partial charge < -0.3 is 15.4 Å². The van der Waals surface area contributed by atoms with Gasteiger partial charge in [-0.3, -0.25) is 9.59 Å². The van der Waals surface area contributed by atoms with E-state index in [2.05, 4.69) is 16.7 Å². The Morgan fingerprint density at radius 1 is 0.935 bits per heavy atom. The zero-order valence-corrected chi connectivity index (χ0v) is 18.4. The molecule has 31 heavy (non-hydrogen) atoms. The van der Waals surface area contributed by atoms with Crippen LogP contribution in [-0.4, -0.2) is 18.4 Å². The molecule has 2 amide bonds. The van der Waals surface area contributed by atoms with Crippen LogP contribution in [0.25, 0.3) is 0 Å². The Labute approximate surface area is 183 Å². The van der Waals surface area contributed by atoms with Crippen molar-refractivity contribution in [1.82, 2.24) is 5.32 Å². The first kappa shape index (κ1) is 22.1. The topological polar surface area (TPSA) is 67.4 Å². The van der Waals surface area contributed by atoms with E-state index in [-0.39, 0.29) is 24.5 Å². The SMILES string of the molecule is Cc1cc(C)c(C)c(OCC(=O)Nc2ccccc2C(=O)N[C@H](C)c2ccccc2)c1. The number of nitrogens with one attached hydrogen (secondary N) is 2. The van der Waals surface area contributed by atoms with Gasteiger partial charge in [0.2, 0.25) is 0 Å². The number of benzene rings is 3. The summed E-state index contributed by atoms with van der Waals surface area (Å²) in [6.45, 7) is 7.76. The maximum absolute atomic E-state index is 12.8. The minimum Gasteiger partial charge on any atom is -0.483 e. The van der Waals surface area contributed by atoms with E-state index in [1.54, 1.807) is 24.3 Å². The van der Waals surface area contributed by atoms with Crippen molar-refractivity contribution in [3.05, 3.63) is 94.5 Å². The van der Waals surface area contributed by atoms with Crippen LogP contribution in [0.3, 0.4) is 0 Å². The Bertz CT molecular complexity index is 1080. The van der Waals surface area contributed by atoms with E-state index in [1.807, 2.05) is 64.1 Å². The van der Waals surface area contributed by atoms with Crippen molar-refractivity contribution in [3.63, 3.8) is 0 Å². The summed E-state index contributed by atoms with van der Waals surface area (Å²) < 4.78 is 5.74. The van der Waals surface area contributed by atoms with Crippen LogP contribution in [0, 0.1) is 20.8 Å². The molecule has 0 saturated carbocycles. The minimum absolute atomic E-state index is 0.139. The lowest BCUT2D eigenvalue weighted by Gasteiger charge is -2.17. The van der Waals surface area contributed by atoms with Gasteiger partial charge in [-0.2, -0.15) is 0 Å². The van der Waals surface area contributed by atoms with Crippen molar-refractivity contribution in [2.75, 3.05) is 11.9 Å². The summed E-state index contributed by atoms with van der Waals surface area (Å²) in [6, 6.07) is 20.5. The number of hydrogen-bond acceptors (Lipinski definition) is 3. The Hall–Kier alpha value is -3.60. The van der Waals surface area contributed by atoms with Crippen molar-refractivity contribution in [1.29, 1.82) is 0 Å². The van der Waals surface area contributed by atoms with Crippen LogP contribution >= 0.6 is 0 Å². The van der Waals surface area contributed by atoms with Gasteiger partial charge in [0.15, 0.2) is 6.61 Å². The first-order valence-corrected chi connectivity index (χ1v) is 10.3. The quantitative estimate of drug-likeness (QED) is 0.562. The molecule has 1 atom stereocenters. The number of hydrogen-bond donors (Lipinski definition) is 2. The van der Waals surface area contributed by atoms with Crippen LogP contribution in [0.15, 0.2) is 66.7 Å². The molecule has 5 nitrogen and oxygen atoms in total. The van der Waals surface area contributed by atoms with Gasteiger partial charge >= 0.3 is 0 Å². The zero-order valence-electron chi connectivity index (χ0n) is 18.4. The molecule has 0 aliphatic rings. The number of anilines is 1. The lowest BCUT2D eigenvalue weighted by molar-refractivity contribution is -0.118. The van der Waals surface area contributed by atoms with Gasteiger partial charge in [-0.25, -0.2) is 0 Å². The first-order chi connectivity index (χ1) is 14.8. The highest BCUT2D eigenvalue weighted by atomic mass is 16.5. The van der Waals surface area contributed by atoms with E-state index >= 15 is 0 Å². The van der Waals surface area contributed by atoms with E-state index in [0.29, 0.717) is 17.0 Å². The van der Waals surface area contributed by atoms with Crippen molar-refractivity contribution in [3.8, 4) is 5.75 Å². The average Bonchev–Trinajstić information content (AvgIpc) is 2.76. The van der Waals surface area contributed by atoms with Crippen LogP contribution < -0.4 is 15.4 Å². The highest BCUT2D eigenvalue weighted by Crippen LogP contribution is 2.23. The fraction of sp³-hybridized carbons (Fsp3) is 0.231.